The van der Waals surface area contributed by atoms with Gasteiger partial charge in [-0.2, -0.15) is 17.4 Å². The fourth-order valence-electron chi connectivity index (χ4n) is 2.07. The molecule has 98 valence electrons. The maximum Gasteiger partial charge on any atom is 0.280 e. The van der Waals surface area contributed by atoms with E-state index in [4.69, 9.17) is 0 Å². The number of carbonyl (C=O) groups excluding carboxylic acids is 1. The third-order valence-corrected chi connectivity index (χ3v) is 4.76. The van der Waals surface area contributed by atoms with Crippen molar-refractivity contribution < 1.29 is 13.2 Å². The molecule has 2 fully saturated rings. The number of piperazine rings is 1. The standard InChI is InChI=1S/C9H18N4O3S/c1-12-5-2-8(9(12)14)11-17(15,16)13-6-3-10-4-7-13/h8,10-11H,2-7H2,1H3. The van der Waals surface area contributed by atoms with Crippen molar-refractivity contribution in [2.75, 3.05) is 39.8 Å². The van der Waals surface area contributed by atoms with Crippen LogP contribution in [0.15, 0.2) is 0 Å². The number of likely N-dealkylation sites (tertiary alicyclic amines) is 1. The van der Waals surface area contributed by atoms with Crippen LogP contribution in [0.25, 0.3) is 0 Å². The molecule has 0 aromatic rings. The highest BCUT2D eigenvalue weighted by Gasteiger charge is 2.34. The first kappa shape index (κ1) is 12.7. The average molecular weight is 262 g/mol. The Bertz CT molecular complexity index is 391. The lowest BCUT2D eigenvalue weighted by Gasteiger charge is -2.27. The first-order chi connectivity index (χ1) is 8.00. The third kappa shape index (κ3) is 2.76. The molecule has 1 unspecified atom stereocenters. The fraction of sp³-hybridized carbons (Fsp3) is 0.889. The molecule has 2 aliphatic heterocycles. The van der Waals surface area contributed by atoms with Gasteiger partial charge in [-0.05, 0) is 6.42 Å². The number of carbonyl (C=O) groups is 1. The van der Waals surface area contributed by atoms with Crippen LogP contribution in [0, 0.1) is 0 Å². The number of likely N-dealkylation sites (N-methyl/N-ethyl adjacent to an activating group) is 1. The van der Waals surface area contributed by atoms with Crippen molar-refractivity contribution in [3.8, 4) is 0 Å². The van der Waals surface area contributed by atoms with Crippen LogP contribution in [-0.2, 0) is 15.0 Å². The molecule has 2 saturated heterocycles. The number of rotatable bonds is 3. The molecule has 2 N–H and O–H groups in total. The Morgan fingerprint density at radius 3 is 2.47 bits per heavy atom. The topological polar surface area (TPSA) is 81.8 Å². The van der Waals surface area contributed by atoms with Crippen molar-refractivity contribution in [1.29, 1.82) is 0 Å². The summed E-state index contributed by atoms with van der Waals surface area (Å²) in [4.78, 5) is 13.2. The average Bonchev–Trinajstić information content (AvgIpc) is 2.62. The smallest absolute Gasteiger partial charge is 0.280 e. The molecule has 0 aromatic heterocycles. The van der Waals surface area contributed by atoms with Crippen LogP contribution in [-0.4, -0.2) is 69.3 Å². The van der Waals surface area contributed by atoms with E-state index in [1.54, 1.807) is 11.9 Å². The summed E-state index contributed by atoms with van der Waals surface area (Å²) in [7, 11) is -1.85. The van der Waals surface area contributed by atoms with Crippen LogP contribution in [0.1, 0.15) is 6.42 Å². The molecule has 2 aliphatic rings. The molecule has 0 spiro atoms. The second-order valence-corrected chi connectivity index (χ2v) is 6.08. The largest absolute Gasteiger partial charge is 0.344 e. The first-order valence-corrected chi connectivity index (χ1v) is 7.18. The number of nitrogens with zero attached hydrogens (tertiary/aromatic N) is 2. The summed E-state index contributed by atoms with van der Waals surface area (Å²) >= 11 is 0. The van der Waals surface area contributed by atoms with Gasteiger partial charge in [0.15, 0.2) is 0 Å². The predicted octanol–water partition coefficient (Wildman–Crippen LogP) is -2.04. The number of amides is 1. The highest BCUT2D eigenvalue weighted by molar-refractivity contribution is 7.87. The fourth-order valence-corrected chi connectivity index (χ4v) is 3.46. The maximum atomic E-state index is 12.0. The van der Waals surface area contributed by atoms with E-state index in [-0.39, 0.29) is 5.91 Å². The van der Waals surface area contributed by atoms with Crippen LogP contribution in [0.4, 0.5) is 0 Å². The Morgan fingerprint density at radius 1 is 1.29 bits per heavy atom. The van der Waals surface area contributed by atoms with Gasteiger partial charge >= 0.3 is 0 Å². The summed E-state index contributed by atoms with van der Waals surface area (Å²) in [5.41, 5.74) is 0. The van der Waals surface area contributed by atoms with Crippen LogP contribution >= 0.6 is 0 Å². The van der Waals surface area contributed by atoms with Gasteiger partial charge in [-0.3, -0.25) is 4.79 Å². The van der Waals surface area contributed by atoms with Gasteiger partial charge in [0.25, 0.3) is 10.2 Å². The molecule has 17 heavy (non-hydrogen) atoms. The minimum Gasteiger partial charge on any atom is -0.344 e. The van der Waals surface area contributed by atoms with Crippen molar-refractivity contribution in [3.05, 3.63) is 0 Å². The SMILES string of the molecule is CN1CCC(NS(=O)(=O)N2CCNCC2)C1=O. The zero-order valence-electron chi connectivity index (χ0n) is 9.85. The van der Waals surface area contributed by atoms with E-state index in [1.165, 1.54) is 4.31 Å². The van der Waals surface area contributed by atoms with E-state index in [2.05, 4.69) is 10.0 Å². The second kappa shape index (κ2) is 4.89. The summed E-state index contributed by atoms with van der Waals surface area (Å²) < 4.78 is 27.9. The van der Waals surface area contributed by atoms with Gasteiger partial charge in [-0.15, -0.1) is 0 Å². The van der Waals surface area contributed by atoms with Crippen LogP contribution in [0.2, 0.25) is 0 Å². The molecule has 2 rings (SSSR count). The number of hydrogen-bond acceptors (Lipinski definition) is 4. The van der Waals surface area contributed by atoms with E-state index >= 15 is 0 Å². The molecular weight excluding hydrogens is 244 g/mol. The zero-order valence-corrected chi connectivity index (χ0v) is 10.7. The van der Waals surface area contributed by atoms with Crippen molar-refractivity contribution >= 4 is 16.1 Å². The van der Waals surface area contributed by atoms with Crippen LogP contribution in [0.3, 0.4) is 0 Å². The van der Waals surface area contributed by atoms with Gasteiger partial charge in [0, 0.05) is 39.8 Å². The Morgan fingerprint density at radius 2 is 1.94 bits per heavy atom. The second-order valence-electron chi connectivity index (χ2n) is 4.37. The lowest BCUT2D eigenvalue weighted by molar-refractivity contribution is -0.127. The van der Waals surface area contributed by atoms with Gasteiger partial charge in [0.1, 0.15) is 6.04 Å². The van der Waals surface area contributed by atoms with E-state index in [1.807, 2.05) is 0 Å². The minimum atomic E-state index is -3.53. The van der Waals surface area contributed by atoms with Crippen molar-refractivity contribution in [1.82, 2.24) is 19.2 Å². The highest BCUT2D eigenvalue weighted by atomic mass is 32.2. The summed E-state index contributed by atoms with van der Waals surface area (Å²) in [6, 6.07) is -0.597. The van der Waals surface area contributed by atoms with Gasteiger partial charge < -0.3 is 10.2 Å². The van der Waals surface area contributed by atoms with Crippen LogP contribution < -0.4 is 10.0 Å². The molecule has 2 heterocycles. The summed E-state index contributed by atoms with van der Waals surface area (Å²) in [5.74, 6) is -0.149. The molecule has 7 nitrogen and oxygen atoms in total. The Hall–Kier alpha value is -0.700. The highest BCUT2D eigenvalue weighted by Crippen LogP contribution is 2.11. The van der Waals surface area contributed by atoms with Crippen molar-refractivity contribution in [2.24, 2.45) is 0 Å². The maximum absolute atomic E-state index is 12.0. The van der Waals surface area contributed by atoms with Crippen LogP contribution in [0.5, 0.6) is 0 Å². The molecule has 1 amide bonds. The van der Waals surface area contributed by atoms with Crippen molar-refractivity contribution in [3.63, 3.8) is 0 Å². The molecule has 0 radical (unpaired) electrons. The molecule has 0 saturated carbocycles. The Kier molecular flexibility index (Phi) is 3.67. The van der Waals surface area contributed by atoms with Gasteiger partial charge in [0.05, 0.1) is 0 Å². The van der Waals surface area contributed by atoms with Gasteiger partial charge in [-0.25, -0.2) is 0 Å². The predicted molar refractivity (Wildman–Crippen MR) is 62.5 cm³/mol. The van der Waals surface area contributed by atoms with E-state index < -0.39 is 16.3 Å². The quantitative estimate of drug-likeness (QED) is 0.614. The van der Waals surface area contributed by atoms with E-state index in [0.717, 1.165) is 0 Å². The lowest BCUT2D eigenvalue weighted by atomic mass is 10.3. The monoisotopic (exact) mass is 262 g/mol. The lowest BCUT2D eigenvalue weighted by Crippen LogP contribution is -2.53. The number of hydrogen-bond donors (Lipinski definition) is 2. The zero-order chi connectivity index (χ0) is 12.5. The van der Waals surface area contributed by atoms with E-state index in [0.29, 0.717) is 39.1 Å². The summed E-state index contributed by atoms with van der Waals surface area (Å²) in [5, 5.41) is 3.09. The molecule has 1 atom stereocenters. The Balaban J connectivity index is 1.99. The molecular formula is C9H18N4O3S. The molecule has 8 heteroatoms. The Labute approximate surface area is 101 Å². The summed E-state index contributed by atoms with van der Waals surface area (Å²) in [6.45, 7) is 2.81. The minimum absolute atomic E-state index is 0.149. The first-order valence-electron chi connectivity index (χ1n) is 5.74. The molecule has 0 bridgehead atoms. The normalized spacial score (nSPS) is 27.7. The third-order valence-electron chi connectivity index (χ3n) is 3.13. The molecule has 0 aliphatic carbocycles. The van der Waals surface area contributed by atoms with Gasteiger partial charge in [0.2, 0.25) is 5.91 Å². The number of nitrogens with one attached hydrogen (secondary N) is 2. The van der Waals surface area contributed by atoms with E-state index in [9.17, 15) is 13.2 Å². The summed E-state index contributed by atoms with van der Waals surface area (Å²) in [6.07, 6.45) is 0.542. The van der Waals surface area contributed by atoms with Gasteiger partial charge in [-0.1, -0.05) is 0 Å². The molecule has 0 aromatic carbocycles. The van der Waals surface area contributed by atoms with Crippen molar-refractivity contribution in [2.45, 2.75) is 12.5 Å².